The van der Waals surface area contributed by atoms with E-state index in [1.807, 2.05) is 23.9 Å². The fraction of sp³-hybridized carbons (Fsp3) is 0.462. The largest absolute Gasteiger partial charge is 0.493 e. The summed E-state index contributed by atoms with van der Waals surface area (Å²) in [5.41, 5.74) is 1.22. The first-order valence-corrected chi connectivity index (χ1v) is 7.00. The molecule has 90 valence electrons. The van der Waals surface area contributed by atoms with Crippen LogP contribution in [0.1, 0.15) is 24.9 Å². The van der Waals surface area contributed by atoms with E-state index in [0.717, 1.165) is 29.7 Å². The summed E-state index contributed by atoms with van der Waals surface area (Å²) >= 11 is 1.82. The maximum absolute atomic E-state index is 5.64. The summed E-state index contributed by atoms with van der Waals surface area (Å²) in [6, 6.07) is 9.00. The monoisotopic (exact) mass is 248 g/mol. The van der Waals surface area contributed by atoms with Crippen LogP contribution in [-0.2, 0) is 0 Å². The molecule has 0 aromatic heterocycles. The number of rotatable bonds is 1. The number of hydrogen-bond donors (Lipinski definition) is 1. The lowest BCUT2D eigenvalue weighted by Gasteiger charge is -2.23. The normalized spacial score (nSPS) is 29.6. The molecule has 2 atom stereocenters. The van der Waals surface area contributed by atoms with Crippen molar-refractivity contribution in [3.05, 3.63) is 29.8 Å². The second kappa shape index (κ2) is 4.61. The molecule has 0 radical (unpaired) electrons. The number of ether oxygens (including phenoxy) is 1. The molecule has 0 aliphatic carbocycles. The Hall–Kier alpha value is -1.16. The quantitative estimate of drug-likeness (QED) is 0.829. The zero-order chi connectivity index (χ0) is 11.7. The van der Waals surface area contributed by atoms with Gasteiger partial charge in [-0.2, -0.15) is 0 Å². The van der Waals surface area contributed by atoms with E-state index in [9.17, 15) is 0 Å². The highest BCUT2D eigenvalue weighted by molar-refractivity contribution is 8.14. The van der Waals surface area contributed by atoms with Crippen LogP contribution in [0, 0.1) is 0 Å². The lowest BCUT2D eigenvalue weighted by atomic mass is 10.0. The molecule has 1 aromatic carbocycles. The second-order valence-corrected chi connectivity index (χ2v) is 5.49. The first kappa shape index (κ1) is 11.0. The highest BCUT2D eigenvalue weighted by Crippen LogP contribution is 2.35. The summed E-state index contributed by atoms with van der Waals surface area (Å²) in [5.74, 6) is 2.10. The van der Waals surface area contributed by atoms with E-state index >= 15 is 0 Å². The van der Waals surface area contributed by atoms with Gasteiger partial charge >= 0.3 is 0 Å². The first-order chi connectivity index (χ1) is 8.33. The van der Waals surface area contributed by atoms with Gasteiger partial charge in [-0.1, -0.05) is 30.0 Å². The Labute approximate surface area is 106 Å². The molecule has 1 aromatic rings. The minimum atomic E-state index is 0.250. The molecule has 2 aliphatic heterocycles. The Kier molecular flexibility index (Phi) is 2.97. The fourth-order valence-electron chi connectivity index (χ4n) is 2.17. The van der Waals surface area contributed by atoms with Gasteiger partial charge in [-0.3, -0.25) is 4.99 Å². The fourth-order valence-corrected chi connectivity index (χ4v) is 3.15. The van der Waals surface area contributed by atoms with Crippen molar-refractivity contribution in [2.45, 2.75) is 25.4 Å². The van der Waals surface area contributed by atoms with E-state index in [4.69, 9.17) is 9.73 Å². The third kappa shape index (κ3) is 2.27. The van der Waals surface area contributed by atoms with Crippen LogP contribution >= 0.6 is 11.8 Å². The highest BCUT2D eigenvalue weighted by atomic mass is 32.2. The van der Waals surface area contributed by atoms with Crippen LogP contribution in [0.25, 0.3) is 0 Å². The number of amidine groups is 1. The molecule has 1 N–H and O–H groups in total. The predicted molar refractivity (Wildman–Crippen MR) is 71.8 cm³/mol. The molecule has 0 bridgehead atoms. The van der Waals surface area contributed by atoms with Crippen molar-refractivity contribution in [1.29, 1.82) is 0 Å². The molecule has 0 amide bonds. The van der Waals surface area contributed by atoms with Crippen LogP contribution in [0.4, 0.5) is 0 Å². The summed E-state index contributed by atoms with van der Waals surface area (Å²) < 4.78 is 5.64. The Balaban J connectivity index is 1.86. The molecule has 3 rings (SSSR count). The minimum Gasteiger partial charge on any atom is -0.493 e. The van der Waals surface area contributed by atoms with E-state index in [0.29, 0.717) is 6.04 Å². The number of fused-ring (bicyclic) bond motifs is 1. The van der Waals surface area contributed by atoms with E-state index in [2.05, 4.69) is 24.4 Å². The van der Waals surface area contributed by atoms with Gasteiger partial charge in [0.15, 0.2) is 5.17 Å². The zero-order valence-electron chi connectivity index (χ0n) is 9.85. The van der Waals surface area contributed by atoms with Gasteiger partial charge in [0.25, 0.3) is 0 Å². The third-order valence-corrected chi connectivity index (χ3v) is 4.20. The summed E-state index contributed by atoms with van der Waals surface area (Å²) in [6.45, 7) is 2.95. The van der Waals surface area contributed by atoms with Crippen LogP contribution in [-0.4, -0.2) is 23.6 Å². The maximum atomic E-state index is 5.64. The van der Waals surface area contributed by atoms with E-state index in [1.165, 1.54) is 5.56 Å². The number of benzene rings is 1. The molecular formula is C13H16N2OS. The van der Waals surface area contributed by atoms with Gasteiger partial charge in [0, 0.05) is 23.8 Å². The van der Waals surface area contributed by atoms with E-state index < -0.39 is 0 Å². The van der Waals surface area contributed by atoms with Crippen molar-refractivity contribution in [1.82, 2.24) is 5.32 Å². The van der Waals surface area contributed by atoms with E-state index in [-0.39, 0.29) is 6.04 Å². The topological polar surface area (TPSA) is 33.6 Å². The van der Waals surface area contributed by atoms with Crippen LogP contribution in [0.5, 0.6) is 5.75 Å². The maximum Gasteiger partial charge on any atom is 0.157 e. The smallest absolute Gasteiger partial charge is 0.157 e. The number of nitrogens with one attached hydrogen (secondary N) is 1. The van der Waals surface area contributed by atoms with Gasteiger partial charge in [-0.25, -0.2) is 0 Å². The molecule has 0 spiro atoms. The first-order valence-electron chi connectivity index (χ1n) is 6.02. The van der Waals surface area contributed by atoms with Gasteiger partial charge in [0.05, 0.1) is 12.6 Å². The predicted octanol–water partition coefficient (Wildman–Crippen LogP) is 2.59. The van der Waals surface area contributed by atoms with Gasteiger partial charge in [0.2, 0.25) is 0 Å². The van der Waals surface area contributed by atoms with Crippen LogP contribution in [0.3, 0.4) is 0 Å². The average molecular weight is 248 g/mol. The van der Waals surface area contributed by atoms with Gasteiger partial charge in [-0.15, -0.1) is 0 Å². The van der Waals surface area contributed by atoms with Crippen molar-refractivity contribution in [3.8, 4) is 5.75 Å². The van der Waals surface area contributed by atoms with Crippen molar-refractivity contribution < 1.29 is 4.74 Å². The SMILES string of the molecule is CC1CSC(=NC2CCOc3ccccc32)N1. The van der Waals surface area contributed by atoms with Gasteiger partial charge in [-0.05, 0) is 13.0 Å². The van der Waals surface area contributed by atoms with Crippen molar-refractivity contribution in [2.24, 2.45) is 4.99 Å². The summed E-state index contributed by atoms with van der Waals surface area (Å²) in [4.78, 5) is 4.82. The molecule has 2 heterocycles. The summed E-state index contributed by atoms with van der Waals surface area (Å²) in [7, 11) is 0. The second-order valence-electron chi connectivity index (χ2n) is 4.48. The van der Waals surface area contributed by atoms with Crippen molar-refractivity contribution >= 4 is 16.9 Å². The highest BCUT2D eigenvalue weighted by Gasteiger charge is 2.23. The standard InChI is InChI=1S/C13H16N2OS/c1-9-8-17-13(14-9)15-11-6-7-16-12-5-3-2-4-10(11)12/h2-5,9,11H,6-8H2,1H3,(H,14,15). The Morgan fingerprint density at radius 1 is 1.41 bits per heavy atom. The minimum absolute atomic E-state index is 0.250. The summed E-state index contributed by atoms with van der Waals surface area (Å²) in [6.07, 6.45) is 0.969. The van der Waals surface area contributed by atoms with Crippen LogP contribution in [0.15, 0.2) is 29.3 Å². The Morgan fingerprint density at radius 3 is 3.12 bits per heavy atom. The van der Waals surface area contributed by atoms with Crippen molar-refractivity contribution in [2.75, 3.05) is 12.4 Å². The molecular weight excluding hydrogens is 232 g/mol. The number of para-hydroxylation sites is 1. The molecule has 1 saturated heterocycles. The lowest BCUT2D eigenvalue weighted by molar-refractivity contribution is 0.269. The van der Waals surface area contributed by atoms with Gasteiger partial charge < -0.3 is 10.1 Å². The third-order valence-electron chi connectivity index (χ3n) is 3.04. The molecule has 2 aliphatic rings. The van der Waals surface area contributed by atoms with Gasteiger partial charge in [0.1, 0.15) is 5.75 Å². The van der Waals surface area contributed by atoms with Crippen LogP contribution < -0.4 is 10.1 Å². The molecule has 2 unspecified atom stereocenters. The van der Waals surface area contributed by atoms with E-state index in [1.54, 1.807) is 0 Å². The molecule has 0 saturated carbocycles. The summed E-state index contributed by atoms with van der Waals surface area (Å²) in [5, 5.41) is 4.49. The van der Waals surface area contributed by atoms with Crippen molar-refractivity contribution in [3.63, 3.8) is 0 Å². The molecule has 4 heteroatoms. The average Bonchev–Trinajstić information content (AvgIpc) is 2.75. The molecule has 1 fully saturated rings. The Morgan fingerprint density at radius 2 is 2.29 bits per heavy atom. The number of nitrogens with zero attached hydrogens (tertiary/aromatic N) is 1. The Bertz CT molecular complexity index is 447. The zero-order valence-corrected chi connectivity index (χ0v) is 10.7. The lowest BCUT2D eigenvalue weighted by Crippen LogP contribution is -2.24. The molecule has 17 heavy (non-hydrogen) atoms. The van der Waals surface area contributed by atoms with Crippen LogP contribution in [0.2, 0.25) is 0 Å². The molecule has 3 nitrogen and oxygen atoms in total. The number of aliphatic imine (C=N–C) groups is 1. The number of hydrogen-bond acceptors (Lipinski definition) is 3. The number of thioether (sulfide) groups is 1.